The van der Waals surface area contributed by atoms with E-state index in [9.17, 15) is 14.7 Å². The third kappa shape index (κ3) is 4.98. The number of ketones is 1. The Morgan fingerprint density at radius 1 is 1.06 bits per heavy atom. The predicted octanol–water partition coefficient (Wildman–Crippen LogP) is 4.21. The number of halogens is 1. The second kappa shape index (κ2) is 10.8. The second-order valence-electron chi connectivity index (χ2n) is 7.91. The maximum atomic E-state index is 13.1. The van der Waals surface area contributed by atoms with E-state index < -0.39 is 23.5 Å². The van der Waals surface area contributed by atoms with Gasteiger partial charge in [0.05, 0.1) is 49.1 Å². The van der Waals surface area contributed by atoms with Gasteiger partial charge in [-0.05, 0) is 37.6 Å². The number of ether oxygens (including phenoxy) is 4. The monoisotopic (exact) mass is 489 g/mol. The lowest BCUT2D eigenvalue weighted by atomic mass is 9.95. The number of hydrogen-bond donors (Lipinski definition) is 1. The molecule has 1 N–H and O–H groups in total. The first-order valence-electron chi connectivity index (χ1n) is 10.7. The number of carbonyl (C=O) groups excluding carboxylic acids is 2. The van der Waals surface area contributed by atoms with Crippen LogP contribution in [-0.4, -0.2) is 62.3 Å². The van der Waals surface area contributed by atoms with Crippen molar-refractivity contribution in [3.8, 4) is 17.2 Å². The van der Waals surface area contributed by atoms with Crippen LogP contribution in [0.15, 0.2) is 42.0 Å². The fraction of sp³-hybridized carbons (Fsp3) is 0.360. The summed E-state index contributed by atoms with van der Waals surface area (Å²) in [5.41, 5.74) is 0.729. The highest BCUT2D eigenvalue weighted by atomic mass is 35.5. The maximum absolute atomic E-state index is 13.1. The summed E-state index contributed by atoms with van der Waals surface area (Å²) in [6, 6.07) is 9.15. The van der Waals surface area contributed by atoms with Gasteiger partial charge in [-0.1, -0.05) is 23.7 Å². The highest BCUT2D eigenvalue weighted by Gasteiger charge is 2.46. The Morgan fingerprint density at radius 2 is 1.71 bits per heavy atom. The summed E-state index contributed by atoms with van der Waals surface area (Å²) in [4.78, 5) is 27.5. The molecule has 34 heavy (non-hydrogen) atoms. The maximum Gasteiger partial charge on any atom is 0.295 e. The smallest absolute Gasteiger partial charge is 0.295 e. The molecule has 0 saturated carbocycles. The first-order valence-corrected chi connectivity index (χ1v) is 11.1. The molecule has 1 atom stereocenters. The van der Waals surface area contributed by atoms with Crippen LogP contribution >= 0.6 is 11.6 Å². The molecule has 0 aliphatic carbocycles. The molecule has 1 saturated heterocycles. The highest BCUT2D eigenvalue weighted by Crippen LogP contribution is 2.43. The molecule has 0 bridgehead atoms. The van der Waals surface area contributed by atoms with Crippen molar-refractivity contribution < 1.29 is 33.6 Å². The van der Waals surface area contributed by atoms with Crippen LogP contribution in [0.2, 0.25) is 5.02 Å². The largest absolute Gasteiger partial charge is 0.507 e. The summed E-state index contributed by atoms with van der Waals surface area (Å²) in [5, 5.41) is 11.5. The third-order valence-corrected chi connectivity index (χ3v) is 5.67. The van der Waals surface area contributed by atoms with Gasteiger partial charge in [0.15, 0.2) is 0 Å². The standard InChI is InChI=1S/C25H28ClNO7/c1-14(2)34-16-8-6-15(7-9-16)22-21(24(29)25(30)27(22)10-11-31-3)23(28)17-12-18(26)20(33-5)13-19(17)32-4/h6-9,12-14,22,28H,10-11H2,1-5H3/b23-21+. The third-order valence-electron chi connectivity index (χ3n) is 5.37. The highest BCUT2D eigenvalue weighted by molar-refractivity contribution is 6.46. The van der Waals surface area contributed by atoms with E-state index in [2.05, 4.69) is 0 Å². The number of benzene rings is 2. The average molecular weight is 490 g/mol. The van der Waals surface area contributed by atoms with Gasteiger partial charge in [-0.2, -0.15) is 0 Å². The molecule has 8 nitrogen and oxygen atoms in total. The molecule has 1 unspecified atom stereocenters. The molecule has 182 valence electrons. The van der Waals surface area contributed by atoms with Crippen LogP contribution in [0.1, 0.15) is 31.0 Å². The van der Waals surface area contributed by atoms with E-state index in [1.165, 1.54) is 38.4 Å². The van der Waals surface area contributed by atoms with Crippen LogP contribution in [0.25, 0.3) is 5.76 Å². The molecular weight excluding hydrogens is 462 g/mol. The first-order chi connectivity index (χ1) is 16.2. The van der Waals surface area contributed by atoms with Crippen LogP contribution in [0.4, 0.5) is 0 Å². The van der Waals surface area contributed by atoms with Gasteiger partial charge in [0.25, 0.3) is 11.7 Å². The molecule has 9 heteroatoms. The van der Waals surface area contributed by atoms with Gasteiger partial charge in [0.2, 0.25) is 0 Å². The van der Waals surface area contributed by atoms with Crippen LogP contribution in [0.3, 0.4) is 0 Å². The topological polar surface area (TPSA) is 94.5 Å². The van der Waals surface area contributed by atoms with Crippen molar-refractivity contribution in [1.29, 1.82) is 0 Å². The van der Waals surface area contributed by atoms with E-state index in [1.807, 2.05) is 13.8 Å². The van der Waals surface area contributed by atoms with Gasteiger partial charge < -0.3 is 29.0 Å². The Labute approximate surface area is 203 Å². The molecule has 2 aromatic carbocycles. The normalized spacial score (nSPS) is 17.4. The molecule has 2 aromatic rings. The molecule has 3 rings (SSSR count). The summed E-state index contributed by atoms with van der Waals surface area (Å²) >= 11 is 6.28. The van der Waals surface area contributed by atoms with Gasteiger partial charge in [-0.3, -0.25) is 9.59 Å². The molecule has 1 fully saturated rings. The van der Waals surface area contributed by atoms with E-state index in [1.54, 1.807) is 24.3 Å². The Bertz CT molecular complexity index is 1100. The van der Waals surface area contributed by atoms with Gasteiger partial charge in [0, 0.05) is 19.7 Å². The number of rotatable bonds is 9. The zero-order chi connectivity index (χ0) is 25.0. The summed E-state index contributed by atoms with van der Waals surface area (Å²) in [6.45, 7) is 4.21. The lowest BCUT2D eigenvalue weighted by molar-refractivity contribution is -0.140. The average Bonchev–Trinajstić information content (AvgIpc) is 3.07. The van der Waals surface area contributed by atoms with Crippen molar-refractivity contribution in [2.24, 2.45) is 0 Å². The summed E-state index contributed by atoms with van der Waals surface area (Å²) < 4.78 is 21.4. The minimum absolute atomic E-state index is 0.00882. The minimum Gasteiger partial charge on any atom is -0.507 e. The zero-order valence-corrected chi connectivity index (χ0v) is 20.5. The Kier molecular flexibility index (Phi) is 8.06. The number of methoxy groups -OCH3 is 3. The van der Waals surface area contributed by atoms with Crippen molar-refractivity contribution in [1.82, 2.24) is 4.90 Å². The summed E-state index contributed by atoms with van der Waals surface area (Å²) in [6.07, 6.45) is -0.00882. The molecule has 1 amide bonds. The number of aliphatic hydroxyl groups excluding tert-OH is 1. The van der Waals surface area contributed by atoms with Crippen LogP contribution in [0.5, 0.6) is 17.2 Å². The van der Waals surface area contributed by atoms with Gasteiger partial charge in [0.1, 0.15) is 23.0 Å². The van der Waals surface area contributed by atoms with Crippen LogP contribution in [-0.2, 0) is 14.3 Å². The molecule has 1 aliphatic heterocycles. The molecule has 0 aromatic heterocycles. The van der Waals surface area contributed by atoms with Crippen LogP contribution < -0.4 is 14.2 Å². The predicted molar refractivity (Wildman–Crippen MR) is 128 cm³/mol. The van der Waals surface area contributed by atoms with Crippen LogP contribution in [0, 0.1) is 0 Å². The number of likely N-dealkylation sites (tertiary alicyclic amines) is 1. The molecule has 0 spiro atoms. The lowest BCUT2D eigenvalue weighted by Crippen LogP contribution is -2.32. The molecule has 0 radical (unpaired) electrons. The van der Waals surface area contributed by atoms with Crippen molar-refractivity contribution in [2.75, 3.05) is 34.5 Å². The molecule has 1 aliphatic rings. The summed E-state index contributed by atoms with van der Waals surface area (Å²) in [7, 11) is 4.38. The van der Waals surface area contributed by atoms with E-state index in [4.69, 9.17) is 30.5 Å². The van der Waals surface area contributed by atoms with Gasteiger partial charge in [-0.25, -0.2) is 0 Å². The summed E-state index contributed by atoms with van der Waals surface area (Å²) in [5.74, 6) is -0.711. The van der Waals surface area contributed by atoms with E-state index in [0.717, 1.165) is 0 Å². The number of carbonyl (C=O) groups is 2. The number of aliphatic hydroxyl groups is 1. The number of Topliss-reactive ketones (excluding diaryl/α,β-unsaturated/α-hetero) is 1. The number of nitrogens with zero attached hydrogens (tertiary/aromatic N) is 1. The Morgan fingerprint density at radius 3 is 2.26 bits per heavy atom. The number of amides is 1. The molecule has 1 heterocycles. The zero-order valence-electron chi connectivity index (χ0n) is 19.8. The second-order valence-corrected chi connectivity index (χ2v) is 8.32. The van der Waals surface area contributed by atoms with Crippen molar-refractivity contribution >= 4 is 29.1 Å². The van der Waals surface area contributed by atoms with Gasteiger partial charge in [-0.15, -0.1) is 0 Å². The van der Waals surface area contributed by atoms with E-state index in [-0.39, 0.29) is 41.2 Å². The van der Waals surface area contributed by atoms with Crippen molar-refractivity contribution in [2.45, 2.75) is 26.0 Å². The van der Waals surface area contributed by atoms with Crippen molar-refractivity contribution in [3.63, 3.8) is 0 Å². The fourth-order valence-electron chi connectivity index (χ4n) is 3.84. The van der Waals surface area contributed by atoms with Gasteiger partial charge >= 0.3 is 0 Å². The van der Waals surface area contributed by atoms with Crippen molar-refractivity contribution in [3.05, 3.63) is 58.1 Å². The SMILES string of the molecule is COCCN1C(=O)C(=O)/C(=C(/O)c2cc(Cl)c(OC)cc2OC)C1c1ccc(OC(C)C)cc1. The Balaban J connectivity index is 2.18. The first kappa shape index (κ1) is 25.4. The molecular formula is C25H28ClNO7. The minimum atomic E-state index is -0.839. The number of hydrogen-bond acceptors (Lipinski definition) is 7. The fourth-order valence-corrected chi connectivity index (χ4v) is 4.08. The quantitative estimate of drug-likeness (QED) is 0.320. The lowest BCUT2D eigenvalue weighted by Gasteiger charge is -2.25. The Hall–Kier alpha value is -3.23. The van der Waals surface area contributed by atoms with E-state index >= 15 is 0 Å². The van der Waals surface area contributed by atoms with E-state index in [0.29, 0.717) is 17.1 Å².